The maximum Gasteiger partial charge on any atom is 0.228 e. The molecule has 1 aromatic rings. The Bertz CT molecular complexity index is 537. The smallest absolute Gasteiger partial charge is 0.228 e. The summed E-state index contributed by atoms with van der Waals surface area (Å²) in [6, 6.07) is 5.95. The zero-order valence-corrected chi connectivity index (χ0v) is 12.5. The quantitative estimate of drug-likeness (QED) is 0.885. The van der Waals surface area contributed by atoms with E-state index in [2.05, 4.69) is 10.6 Å². The van der Waals surface area contributed by atoms with Gasteiger partial charge in [0.15, 0.2) is 0 Å². The summed E-state index contributed by atoms with van der Waals surface area (Å²) in [5, 5.41) is 5.79. The van der Waals surface area contributed by atoms with E-state index in [1.165, 1.54) is 0 Å². The number of aryl methyl sites for hydroxylation is 1. The molecule has 4 heteroatoms. The molecule has 0 aromatic heterocycles. The van der Waals surface area contributed by atoms with Crippen molar-refractivity contribution in [2.75, 3.05) is 5.32 Å². The maximum atomic E-state index is 12.1. The molecule has 0 heterocycles. The van der Waals surface area contributed by atoms with E-state index in [-0.39, 0.29) is 29.7 Å². The number of rotatable bonds is 4. The Hall–Kier alpha value is -1.84. The Morgan fingerprint density at radius 2 is 1.80 bits per heavy atom. The highest BCUT2D eigenvalue weighted by Gasteiger charge is 2.48. The van der Waals surface area contributed by atoms with E-state index in [4.69, 9.17) is 0 Å². The summed E-state index contributed by atoms with van der Waals surface area (Å²) < 4.78 is 0. The Labute approximate surface area is 119 Å². The first kappa shape index (κ1) is 14.6. The van der Waals surface area contributed by atoms with Crippen LogP contribution >= 0.6 is 0 Å². The van der Waals surface area contributed by atoms with Gasteiger partial charge in [-0.05, 0) is 51.3 Å². The first-order valence-electron chi connectivity index (χ1n) is 7.07. The number of benzene rings is 1. The van der Waals surface area contributed by atoms with Crippen LogP contribution in [0.2, 0.25) is 0 Å². The zero-order valence-electron chi connectivity index (χ0n) is 12.5. The monoisotopic (exact) mass is 274 g/mol. The van der Waals surface area contributed by atoms with Crippen molar-refractivity contribution in [3.63, 3.8) is 0 Å². The van der Waals surface area contributed by atoms with Gasteiger partial charge in [-0.25, -0.2) is 0 Å². The lowest BCUT2D eigenvalue weighted by Gasteiger charge is -2.11. The van der Waals surface area contributed by atoms with Crippen LogP contribution < -0.4 is 10.6 Å². The van der Waals surface area contributed by atoms with E-state index in [0.717, 1.165) is 16.8 Å². The molecule has 1 aromatic carbocycles. The standard InChI is InChI=1S/C16H22N2O2/c1-9(2)17-15(19)12-8-13(12)16(20)18-14-7-5-6-10(3)11(14)4/h5-7,9,12-13H,8H2,1-4H3,(H,17,19)(H,18,20). The van der Waals surface area contributed by atoms with Gasteiger partial charge in [0.2, 0.25) is 11.8 Å². The lowest BCUT2D eigenvalue weighted by atomic mass is 10.1. The molecule has 1 saturated carbocycles. The van der Waals surface area contributed by atoms with Crippen molar-refractivity contribution < 1.29 is 9.59 Å². The molecular formula is C16H22N2O2. The van der Waals surface area contributed by atoms with Gasteiger partial charge in [-0.3, -0.25) is 9.59 Å². The second-order valence-electron chi connectivity index (χ2n) is 5.85. The molecule has 0 saturated heterocycles. The van der Waals surface area contributed by atoms with Gasteiger partial charge in [-0.15, -0.1) is 0 Å². The highest BCUT2D eigenvalue weighted by Crippen LogP contribution is 2.39. The number of anilines is 1. The molecule has 2 N–H and O–H groups in total. The van der Waals surface area contributed by atoms with Crippen LogP contribution in [0.15, 0.2) is 18.2 Å². The van der Waals surface area contributed by atoms with Gasteiger partial charge in [0.25, 0.3) is 0 Å². The number of carbonyl (C=O) groups excluding carboxylic acids is 2. The predicted molar refractivity (Wildman–Crippen MR) is 79.4 cm³/mol. The van der Waals surface area contributed by atoms with Crippen molar-refractivity contribution in [2.45, 2.75) is 40.2 Å². The van der Waals surface area contributed by atoms with Crippen LogP contribution in [0.5, 0.6) is 0 Å². The Kier molecular flexibility index (Phi) is 4.12. The van der Waals surface area contributed by atoms with E-state index in [9.17, 15) is 9.59 Å². The van der Waals surface area contributed by atoms with E-state index >= 15 is 0 Å². The summed E-state index contributed by atoms with van der Waals surface area (Å²) in [5.41, 5.74) is 3.06. The largest absolute Gasteiger partial charge is 0.354 e. The van der Waals surface area contributed by atoms with Crippen molar-refractivity contribution >= 4 is 17.5 Å². The number of carbonyl (C=O) groups is 2. The fourth-order valence-corrected chi connectivity index (χ4v) is 2.28. The number of nitrogens with one attached hydrogen (secondary N) is 2. The van der Waals surface area contributed by atoms with E-state index in [0.29, 0.717) is 6.42 Å². The molecular weight excluding hydrogens is 252 g/mol. The highest BCUT2D eigenvalue weighted by molar-refractivity contribution is 6.00. The second kappa shape index (κ2) is 5.65. The van der Waals surface area contributed by atoms with Crippen LogP contribution in [0.4, 0.5) is 5.69 Å². The van der Waals surface area contributed by atoms with Crippen molar-refractivity contribution in [3.8, 4) is 0 Å². The lowest BCUT2D eigenvalue weighted by Crippen LogP contribution is -2.32. The molecule has 0 radical (unpaired) electrons. The van der Waals surface area contributed by atoms with Crippen molar-refractivity contribution in [2.24, 2.45) is 11.8 Å². The van der Waals surface area contributed by atoms with Crippen molar-refractivity contribution in [3.05, 3.63) is 29.3 Å². The lowest BCUT2D eigenvalue weighted by molar-refractivity contribution is -0.125. The van der Waals surface area contributed by atoms with Gasteiger partial charge < -0.3 is 10.6 Å². The topological polar surface area (TPSA) is 58.2 Å². The van der Waals surface area contributed by atoms with Crippen molar-refractivity contribution in [1.29, 1.82) is 0 Å². The fraction of sp³-hybridized carbons (Fsp3) is 0.500. The fourth-order valence-electron chi connectivity index (χ4n) is 2.28. The number of hydrogen-bond acceptors (Lipinski definition) is 2. The molecule has 2 atom stereocenters. The minimum absolute atomic E-state index is 0.0129. The van der Waals surface area contributed by atoms with Gasteiger partial charge in [-0.2, -0.15) is 0 Å². The van der Waals surface area contributed by atoms with Crippen LogP contribution in [-0.4, -0.2) is 17.9 Å². The molecule has 2 amide bonds. The van der Waals surface area contributed by atoms with Gasteiger partial charge in [0.05, 0.1) is 11.8 Å². The molecule has 4 nitrogen and oxygen atoms in total. The molecule has 2 rings (SSSR count). The van der Waals surface area contributed by atoms with Gasteiger partial charge in [0, 0.05) is 11.7 Å². The van der Waals surface area contributed by atoms with E-state index in [1.54, 1.807) is 0 Å². The van der Waals surface area contributed by atoms with E-state index in [1.807, 2.05) is 45.9 Å². The van der Waals surface area contributed by atoms with Crippen LogP contribution in [0.25, 0.3) is 0 Å². The minimum Gasteiger partial charge on any atom is -0.354 e. The number of hydrogen-bond donors (Lipinski definition) is 2. The minimum atomic E-state index is -0.186. The SMILES string of the molecule is Cc1cccc(NC(=O)C2CC2C(=O)NC(C)C)c1C. The van der Waals surface area contributed by atoms with Gasteiger partial charge in [0.1, 0.15) is 0 Å². The summed E-state index contributed by atoms with van der Waals surface area (Å²) >= 11 is 0. The molecule has 0 aliphatic heterocycles. The van der Waals surface area contributed by atoms with Gasteiger partial charge >= 0.3 is 0 Å². The molecule has 1 fully saturated rings. The molecule has 0 bridgehead atoms. The average Bonchev–Trinajstić information content (AvgIpc) is 3.14. The van der Waals surface area contributed by atoms with Crippen LogP contribution in [-0.2, 0) is 9.59 Å². The maximum absolute atomic E-state index is 12.1. The second-order valence-corrected chi connectivity index (χ2v) is 5.85. The number of amides is 2. The summed E-state index contributed by atoms with van der Waals surface area (Å²) in [5.74, 6) is -0.417. The summed E-state index contributed by atoms with van der Waals surface area (Å²) in [7, 11) is 0. The summed E-state index contributed by atoms with van der Waals surface area (Å²) in [4.78, 5) is 24.0. The highest BCUT2D eigenvalue weighted by atomic mass is 16.2. The molecule has 2 unspecified atom stereocenters. The third-order valence-corrected chi connectivity index (χ3v) is 3.76. The van der Waals surface area contributed by atoms with Gasteiger partial charge in [-0.1, -0.05) is 12.1 Å². The third kappa shape index (κ3) is 3.18. The first-order chi connectivity index (χ1) is 9.40. The Morgan fingerprint density at radius 3 is 2.45 bits per heavy atom. The van der Waals surface area contributed by atoms with Crippen LogP contribution in [0.1, 0.15) is 31.4 Å². The van der Waals surface area contributed by atoms with Crippen molar-refractivity contribution in [1.82, 2.24) is 5.32 Å². The summed E-state index contributed by atoms with van der Waals surface area (Å²) in [6.45, 7) is 7.85. The molecule has 20 heavy (non-hydrogen) atoms. The molecule has 108 valence electrons. The van der Waals surface area contributed by atoms with E-state index < -0.39 is 0 Å². The first-order valence-corrected chi connectivity index (χ1v) is 7.07. The molecule has 1 aliphatic carbocycles. The predicted octanol–water partition coefficient (Wildman–Crippen LogP) is 2.40. The molecule has 1 aliphatic rings. The van der Waals surface area contributed by atoms with Crippen LogP contribution in [0.3, 0.4) is 0 Å². The molecule has 0 spiro atoms. The Morgan fingerprint density at radius 1 is 1.15 bits per heavy atom. The van der Waals surface area contributed by atoms with Crippen LogP contribution in [0, 0.1) is 25.7 Å². The zero-order chi connectivity index (χ0) is 14.9. The Balaban J connectivity index is 1.94. The summed E-state index contributed by atoms with van der Waals surface area (Å²) in [6.07, 6.45) is 0.648. The average molecular weight is 274 g/mol. The third-order valence-electron chi connectivity index (χ3n) is 3.76. The normalized spacial score (nSPS) is 20.6.